The summed E-state index contributed by atoms with van der Waals surface area (Å²) >= 11 is 0. The average molecular weight is 276 g/mol. The number of aliphatic carboxylic acids is 1. The Labute approximate surface area is 114 Å². The predicted octanol–water partition coefficient (Wildman–Crippen LogP) is 1.30. The molecule has 0 rings (SSSR count). The van der Waals surface area contributed by atoms with E-state index in [9.17, 15) is 4.79 Å². The fourth-order valence-electron chi connectivity index (χ4n) is 1.61. The van der Waals surface area contributed by atoms with Gasteiger partial charge in [0, 0.05) is 46.5 Å². The van der Waals surface area contributed by atoms with Crippen molar-refractivity contribution in [2.24, 2.45) is 5.92 Å². The SMILES string of the molecule is COCCCOC(C(C)C=CC(=O)O)C(OC)OC. The highest BCUT2D eigenvalue weighted by molar-refractivity contribution is 5.79. The minimum atomic E-state index is -0.989. The maximum atomic E-state index is 10.5. The largest absolute Gasteiger partial charge is 0.478 e. The van der Waals surface area contributed by atoms with E-state index in [0.717, 1.165) is 12.5 Å². The van der Waals surface area contributed by atoms with Gasteiger partial charge in [-0.3, -0.25) is 0 Å². The van der Waals surface area contributed by atoms with E-state index in [1.165, 1.54) is 14.2 Å². The lowest BCUT2D eigenvalue weighted by Crippen LogP contribution is -2.37. The van der Waals surface area contributed by atoms with Crippen LogP contribution in [-0.4, -0.2) is 58.0 Å². The molecular weight excluding hydrogens is 252 g/mol. The van der Waals surface area contributed by atoms with Gasteiger partial charge in [0.05, 0.1) is 0 Å². The second-order valence-electron chi connectivity index (χ2n) is 4.08. The zero-order valence-electron chi connectivity index (χ0n) is 12.0. The van der Waals surface area contributed by atoms with Crippen LogP contribution in [0.2, 0.25) is 0 Å². The molecule has 0 aromatic carbocycles. The molecule has 112 valence electrons. The summed E-state index contributed by atoms with van der Waals surface area (Å²) in [5.41, 5.74) is 0. The summed E-state index contributed by atoms with van der Waals surface area (Å²) in [6.07, 6.45) is 2.49. The van der Waals surface area contributed by atoms with E-state index in [-0.39, 0.29) is 12.0 Å². The average Bonchev–Trinajstić information content (AvgIpc) is 2.39. The smallest absolute Gasteiger partial charge is 0.327 e. The molecule has 0 fully saturated rings. The van der Waals surface area contributed by atoms with Gasteiger partial charge in [0.15, 0.2) is 6.29 Å². The van der Waals surface area contributed by atoms with Crippen molar-refractivity contribution in [3.63, 3.8) is 0 Å². The lowest BCUT2D eigenvalue weighted by atomic mass is 10.0. The van der Waals surface area contributed by atoms with Gasteiger partial charge in [-0.15, -0.1) is 0 Å². The van der Waals surface area contributed by atoms with Gasteiger partial charge in [-0.25, -0.2) is 4.79 Å². The molecule has 0 aliphatic heterocycles. The van der Waals surface area contributed by atoms with Crippen molar-refractivity contribution in [1.29, 1.82) is 0 Å². The van der Waals surface area contributed by atoms with Crippen molar-refractivity contribution in [3.05, 3.63) is 12.2 Å². The van der Waals surface area contributed by atoms with E-state index in [4.69, 9.17) is 24.1 Å². The van der Waals surface area contributed by atoms with Gasteiger partial charge < -0.3 is 24.1 Å². The first kappa shape index (κ1) is 18.0. The zero-order valence-corrected chi connectivity index (χ0v) is 12.0. The number of ether oxygens (including phenoxy) is 4. The standard InChI is InChI=1S/C13H24O6/c1-10(6-7-11(14)15)12(13(17-3)18-4)19-9-5-8-16-2/h6-7,10,12-13H,5,8-9H2,1-4H3,(H,14,15). The van der Waals surface area contributed by atoms with Gasteiger partial charge in [-0.2, -0.15) is 0 Å². The quantitative estimate of drug-likeness (QED) is 0.348. The normalized spacial score (nSPS) is 15.0. The summed E-state index contributed by atoms with van der Waals surface area (Å²) in [6.45, 7) is 2.95. The molecule has 1 N–H and O–H groups in total. The van der Waals surface area contributed by atoms with Crippen molar-refractivity contribution >= 4 is 5.97 Å². The third kappa shape index (κ3) is 7.94. The topological polar surface area (TPSA) is 74.2 Å². The third-order valence-corrected chi connectivity index (χ3v) is 2.60. The highest BCUT2D eigenvalue weighted by Gasteiger charge is 2.26. The van der Waals surface area contributed by atoms with Gasteiger partial charge in [0.1, 0.15) is 6.10 Å². The van der Waals surface area contributed by atoms with Crippen molar-refractivity contribution < 1.29 is 28.8 Å². The van der Waals surface area contributed by atoms with Crippen LogP contribution in [0.3, 0.4) is 0 Å². The second kappa shape index (κ2) is 10.9. The molecule has 0 heterocycles. The van der Waals surface area contributed by atoms with E-state index >= 15 is 0 Å². The first-order valence-corrected chi connectivity index (χ1v) is 6.14. The van der Waals surface area contributed by atoms with E-state index in [2.05, 4.69) is 0 Å². The molecule has 6 nitrogen and oxygen atoms in total. The van der Waals surface area contributed by atoms with E-state index < -0.39 is 12.3 Å². The van der Waals surface area contributed by atoms with Crippen LogP contribution in [0.4, 0.5) is 0 Å². The van der Waals surface area contributed by atoms with Gasteiger partial charge in [0.2, 0.25) is 0 Å². The van der Waals surface area contributed by atoms with Crippen molar-refractivity contribution in [2.75, 3.05) is 34.5 Å². The molecular formula is C13H24O6. The molecule has 19 heavy (non-hydrogen) atoms. The van der Waals surface area contributed by atoms with Crippen LogP contribution >= 0.6 is 0 Å². The Balaban J connectivity index is 4.50. The molecule has 2 unspecified atom stereocenters. The second-order valence-corrected chi connectivity index (χ2v) is 4.08. The van der Waals surface area contributed by atoms with E-state index in [1.807, 2.05) is 6.92 Å². The highest BCUT2D eigenvalue weighted by Crippen LogP contribution is 2.16. The molecule has 0 spiro atoms. The van der Waals surface area contributed by atoms with E-state index in [1.54, 1.807) is 13.2 Å². The monoisotopic (exact) mass is 276 g/mol. The van der Waals surface area contributed by atoms with E-state index in [0.29, 0.717) is 13.2 Å². The summed E-state index contributed by atoms with van der Waals surface area (Å²) in [5.74, 6) is -1.14. The Morgan fingerprint density at radius 2 is 1.84 bits per heavy atom. The zero-order chi connectivity index (χ0) is 14.7. The van der Waals surface area contributed by atoms with Crippen LogP contribution in [0.1, 0.15) is 13.3 Å². The van der Waals surface area contributed by atoms with Crippen LogP contribution in [0.15, 0.2) is 12.2 Å². The summed E-state index contributed by atoms with van der Waals surface area (Å²) in [6, 6.07) is 0. The van der Waals surface area contributed by atoms with Gasteiger partial charge in [-0.05, 0) is 6.42 Å². The lowest BCUT2D eigenvalue weighted by Gasteiger charge is -2.28. The summed E-state index contributed by atoms with van der Waals surface area (Å²) in [5, 5.41) is 8.64. The van der Waals surface area contributed by atoms with Crippen molar-refractivity contribution in [3.8, 4) is 0 Å². The molecule has 0 radical (unpaired) electrons. The number of methoxy groups -OCH3 is 3. The van der Waals surface area contributed by atoms with Crippen LogP contribution in [0.5, 0.6) is 0 Å². The third-order valence-electron chi connectivity index (χ3n) is 2.60. The Bertz CT molecular complexity index is 262. The fraction of sp³-hybridized carbons (Fsp3) is 0.769. The summed E-state index contributed by atoms with van der Waals surface area (Å²) in [7, 11) is 4.67. The molecule has 2 atom stereocenters. The van der Waals surface area contributed by atoms with Crippen molar-refractivity contribution in [2.45, 2.75) is 25.7 Å². The number of hydrogen-bond donors (Lipinski definition) is 1. The van der Waals surface area contributed by atoms with Gasteiger partial charge in [0.25, 0.3) is 0 Å². The molecule has 0 bridgehead atoms. The van der Waals surface area contributed by atoms with Crippen molar-refractivity contribution in [1.82, 2.24) is 0 Å². The number of carbonyl (C=O) groups is 1. The maximum Gasteiger partial charge on any atom is 0.327 e. The number of carboxylic acid groups (broad SMARTS) is 1. The Kier molecular flexibility index (Phi) is 10.4. The lowest BCUT2D eigenvalue weighted by molar-refractivity contribution is -0.190. The van der Waals surface area contributed by atoms with Gasteiger partial charge >= 0.3 is 5.97 Å². The molecule has 0 saturated carbocycles. The molecule has 0 saturated heterocycles. The number of rotatable bonds is 11. The van der Waals surface area contributed by atoms with Crippen LogP contribution in [0.25, 0.3) is 0 Å². The molecule has 6 heteroatoms. The van der Waals surface area contributed by atoms with Crippen LogP contribution in [0, 0.1) is 5.92 Å². The Hall–Kier alpha value is -0.950. The fourth-order valence-corrected chi connectivity index (χ4v) is 1.61. The maximum absolute atomic E-state index is 10.5. The Morgan fingerprint density at radius 1 is 1.21 bits per heavy atom. The molecule has 0 amide bonds. The molecule has 0 aromatic rings. The van der Waals surface area contributed by atoms with Gasteiger partial charge in [-0.1, -0.05) is 13.0 Å². The van der Waals surface area contributed by atoms with Crippen LogP contribution in [-0.2, 0) is 23.7 Å². The molecule has 0 aliphatic carbocycles. The van der Waals surface area contributed by atoms with Crippen LogP contribution < -0.4 is 0 Å². The minimum Gasteiger partial charge on any atom is -0.478 e. The first-order valence-electron chi connectivity index (χ1n) is 6.14. The highest BCUT2D eigenvalue weighted by atomic mass is 16.7. The summed E-state index contributed by atoms with van der Waals surface area (Å²) in [4.78, 5) is 10.5. The first-order chi connectivity index (χ1) is 9.06. The predicted molar refractivity (Wildman–Crippen MR) is 70.0 cm³/mol. The number of hydrogen-bond acceptors (Lipinski definition) is 5. The molecule has 0 aromatic heterocycles. The summed E-state index contributed by atoms with van der Waals surface area (Å²) < 4.78 is 21.0. The number of carboxylic acids is 1. The minimum absolute atomic E-state index is 0.149. The Morgan fingerprint density at radius 3 is 2.32 bits per heavy atom. The molecule has 0 aliphatic rings.